The molecule has 7 atom stereocenters. The summed E-state index contributed by atoms with van der Waals surface area (Å²) in [5, 5.41) is 14.6. The van der Waals surface area contributed by atoms with Gasteiger partial charge in [0.15, 0.2) is 0 Å². The minimum atomic E-state index is -1.30. The number of hydrogen-bond acceptors (Lipinski definition) is 7. The number of amides is 3. The first-order valence-corrected chi connectivity index (χ1v) is 15.8. The molecule has 3 saturated heterocycles. The molecule has 3 heterocycles. The summed E-state index contributed by atoms with van der Waals surface area (Å²) in [4.78, 5) is 56.9. The quantitative estimate of drug-likeness (QED) is 0.191. The van der Waals surface area contributed by atoms with E-state index in [1.165, 1.54) is 4.90 Å². The molecule has 2 aromatic rings. The summed E-state index contributed by atoms with van der Waals surface area (Å²) in [6, 6.07) is 12.4. The van der Waals surface area contributed by atoms with E-state index < -0.39 is 47.6 Å². The minimum absolute atomic E-state index is 0.0942. The Kier molecular flexibility index (Phi) is 9.57. The third kappa shape index (κ3) is 5.68. The molecule has 3 aliphatic heterocycles. The molecule has 3 fully saturated rings. The Morgan fingerprint density at radius 3 is 2.68 bits per heavy atom. The van der Waals surface area contributed by atoms with Gasteiger partial charge < -0.3 is 29.7 Å². The molecule has 5 rings (SSSR count). The van der Waals surface area contributed by atoms with Crippen LogP contribution in [0.3, 0.4) is 0 Å². The number of rotatable bonds is 13. The molecule has 234 valence electrons. The first-order valence-electron chi connectivity index (χ1n) is 14.9. The fraction of sp³-hybridized carbons (Fsp3) is 0.455. The number of nitrogens with zero attached hydrogens (tertiary/aromatic N) is 2. The number of likely N-dealkylation sites (tertiary alicyclic amines) is 1. The number of hydrogen-bond donors (Lipinski definition) is 2. The number of esters is 1. The van der Waals surface area contributed by atoms with Gasteiger partial charge >= 0.3 is 5.97 Å². The fourth-order valence-electron chi connectivity index (χ4n) is 6.87. The zero-order valence-electron chi connectivity index (χ0n) is 24.7. The number of fused-ring (bicyclic) bond motifs is 2. The van der Waals surface area contributed by atoms with E-state index in [0.717, 1.165) is 10.8 Å². The van der Waals surface area contributed by atoms with Crippen molar-refractivity contribution >= 4 is 56.1 Å². The second-order valence-electron chi connectivity index (χ2n) is 11.6. The molecule has 11 heteroatoms. The lowest BCUT2D eigenvalue weighted by Crippen LogP contribution is -2.57. The van der Waals surface area contributed by atoms with Crippen LogP contribution >= 0.6 is 15.9 Å². The topological polar surface area (TPSA) is 125 Å². The molecule has 1 unspecified atom stereocenters. The van der Waals surface area contributed by atoms with E-state index in [4.69, 9.17) is 9.47 Å². The molecule has 0 radical (unpaired) electrons. The number of nitrogens with one attached hydrogen (secondary N) is 1. The second-order valence-corrected chi connectivity index (χ2v) is 12.7. The average Bonchev–Trinajstić information content (AvgIpc) is 3.60. The maximum absolute atomic E-state index is 14.6. The van der Waals surface area contributed by atoms with Gasteiger partial charge in [0.2, 0.25) is 11.8 Å². The van der Waals surface area contributed by atoms with E-state index in [9.17, 15) is 24.3 Å². The standard InChI is InChI=1S/C33H38BrN3O7/c1-4-6-11-25(39)35-19-20(3)43-32(42)26-27-30(40)37(15-16-38)29(33(27)18-24(34)28(26)44-33)31(41)36(14-5-2)23-13-12-21-9-7-8-10-22(21)17-23/h4-5,7-10,12-13,17,20,24,26-29,38H,1-2,6,11,14-16,18-19H2,3H3,(H,35,39)/t20-,24?,26+,27-,28+,29+,33-/m0/s1. The molecule has 0 saturated carbocycles. The molecule has 2 bridgehead atoms. The van der Waals surface area contributed by atoms with Gasteiger partial charge in [-0.15, -0.1) is 13.2 Å². The number of halogens is 1. The second kappa shape index (κ2) is 13.2. The maximum Gasteiger partial charge on any atom is 0.312 e. The van der Waals surface area contributed by atoms with Gasteiger partial charge in [0.25, 0.3) is 5.91 Å². The Morgan fingerprint density at radius 2 is 1.98 bits per heavy atom. The molecule has 10 nitrogen and oxygen atoms in total. The summed E-state index contributed by atoms with van der Waals surface area (Å²) in [5.74, 6) is -3.55. The predicted molar refractivity (Wildman–Crippen MR) is 169 cm³/mol. The van der Waals surface area contributed by atoms with Crippen molar-refractivity contribution in [3.63, 3.8) is 0 Å². The first kappa shape index (κ1) is 31.9. The number of carbonyl (C=O) groups excluding carboxylic acids is 4. The molecule has 0 aliphatic carbocycles. The Balaban J connectivity index is 1.43. The monoisotopic (exact) mass is 667 g/mol. The van der Waals surface area contributed by atoms with Crippen LogP contribution in [-0.2, 0) is 28.7 Å². The number of aliphatic hydroxyl groups is 1. The van der Waals surface area contributed by atoms with Gasteiger partial charge in [0.1, 0.15) is 17.7 Å². The largest absolute Gasteiger partial charge is 0.460 e. The van der Waals surface area contributed by atoms with Gasteiger partial charge in [-0.05, 0) is 42.7 Å². The van der Waals surface area contributed by atoms with Crippen LogP contribution in [0.2, 0.25) is 0 Å². The number of allylic oxidation sites excluding steroid dienone is 1. The summed E-state index contributed by atoms with van der Waals surface area (Å²) in [6.07, 6.45) is 3.07. The zero-order chi connectivity index (χ0) is 31.6. The van der Waals surface area contributed by atoms with Crippen LogP contribution in [0.1, 0.15) is 26.2 Å². The molecule has 3 aliphatic rings. The van der Waals surface area contributed by atoms with Crippen molar-refractivity contribution in [2.75, 3.05) is 31.1 Å². The van der Waals surface area contributed by atoms with Crippen molar-refractivity contribution in [1.29, 1.82) is 0 Å². The lowest BCUT2D eigenvalue weighted by molar-refractivity contribution is -0.159. The van der Waals surface area contributed by atoms with Crippen LogP contribution in [0.5, 0.6) is 0 Å². The number of ether oxygens (including phenoxy) is 2. The molecule has 2 aromatic carbocycles. The summed E-state index contributed by atoms with van der Waals surface area (Å²) in [6.45, 7) is 8.95. The number of aliphatic hydroxyl groups excluding tert-OH is 1. The van der Waals surface area contributed by atoms with Gasteiger partial charge in [-0.25, -0.2) is 0 Å². The highest BCUT2D eigenvalue weighted by atomic mass is 79.9. The third-order valence-electron chi connectivity index (χ3n) is 8.74. The van der Waals surface area contributed by atoms with Crippen molar-refractivity contribution in [3.05, 3.63) is 67.8 Å². The molecular formula is C33H38BrN3O7. The summed E-state index contributed by atoms with van der Waals surface area (Å²) >= 11 is 3.65. The highest BCUT2D eigenvalue weighted by molar-refractivity contribution is 9.09. The summed E-state index contributed by atoms with van der Waals surface area (Å²) < 4.78 is 12.3. The Hall–Kier alpha value is -3.54. The predicted octanol–water partition coefficient (Wildman–Crippen LogP) is 3.11. The molecule has 2 N–H and O–H groups in total. The number of carbonyl (C=O) groups is 4. The molecule has 0 aromatic heterocycles. The SMILES string of the molecule is C=CCCC(=O)NC[C@H](C)OC(=O)[C@H]1[C@@H]2O[C@@]3(CC2Br)[C@@H]1C(=O)N(CCO)[C@@H]3C(=O)N(CC=C)c1ccc2ccccc2c1. The summed E-state index contributed by atoms with van der Waals surface area (Å²) in [5.41, 5.74) is -0.669. The van der Waals surface area contributed by atoms with Gasteiger partial charge in [0, 0.05) is 30.0 Å². The number of anilines is 1. The highest BCUT2D eigenvalue weighted by Gasteiger charge is 2.77. The lowest BCUT2D eigenvalue weighted by Gasteiger charge is -2.37. The first-order chi connectivity index (χ1) is 21.2. The van der Waals surface area contributed by atoms with E-state index >= 15 is 0 Å². The normalized spacial score (nSPS) is 27.6. The van der Waals surface area contributed by atoms with Gasteiger partial charge in [-0.3, -0.25) is 19.2 Å². The van der Waals surface area contributed by atoms with Crippen LogP contribution in [0.4, 0.5) is 5.69 Å². The smallest absolute Gasteiger partial charge is 0.312 e. The van der Waals surface area contributed by atoms with Gasteiger partial charge in [0.05, 0.1) is 31.1 Å². The van der Waals surface area contributed by atoms with E-state index in [0.29, 0.717) is 18.5 Å². The van der Waals surface area contributed by atoms with Crippen LogP contribution in [0.15, 0.2) is 67.8 Å². The van der Waals surface area contributed by atoms with Crippen molar-refractivity contribution in [1.82, 2.24) is 10.2 Å². The fourth-order valence-corrected chi connectivity index (χ4v) is 7.81. The minimum Gasteiger partial charge on any atom is -0.460 e. The Labute approximate surface area is 265 Å². The molecular weight excluding hydrogens is 630 g/mol. The number of benzene rings is 2. The highest BCUT2D eigenvalue weighted by Crippen LogP contribution is 2.60. The van der Waals surface area contributed by atoms with Crippen LogP contribution in [-0.4, -0.2) is 88.6 Å². The van der Waals surface area contributed by atoms with Crippen molar-refractivity contribution < 1.29 is 33.8 Å². The lowest BCUT2D eigenvalue weighted by atomic mass is 9.70. The molecule has 44 heavy (non-hydrogen) atoms. The van der Waals surface area contributed by atoms with Gasteiger partial charge in [-0.2, -0.15) is 0 Å². The zero-order valence-corrected chi connectivity index (χ0v) is 26.3. The van der Waals surface area contributed by atoms with Gasteiger partial charge in [-0.1, -0.05) is 58.4 Å². The van der Waals surface area contributed by atoms with E-state index in [1.807, 2.05) is 42.5 Å². The van der Waals surface area contributed by atoms with Crippen LogP contribution in [0.25, 0.3) is 10.8 Å². The average molecular weight is 669 g/mol. The molecule has 3 amide bonds. The molecule has 1 spiro atoms. The van der Waals surface area contributed by atoms with Crippen molar-refractivity contribution in [2.24, 2.45) is 11.8 Å². The Bertz CT molecular complexity index is 1470. The van der Waals surface area contributed by atoms with E-state index in [2.05, 4.69) is 34.4 Å². The maximum atomic E-state index is 14.6. The Morgan fingerprint density at radius 1 is 1.23 bits per heavy atom. The summed E-state index contributed by atoms with van der Waals surface area (Å²) in [7, 11) is 0. The van der Waals surface area contributed by atoms with E-state index in [-0.39, 0.29) is 49.3 Å². The van der Waals surface area contributed by atoms with Crippen LogP contribution in [0, 0.1) is 11.8 Å². The number of alkyl halides is 1. The van der Waals surface area contributed by atoms with Crippen LogP contribution < -0.4 is 10.2 Å². The third-order valence-corrected chi connectivity index (χ3v) is 9.58. The van der Waals surface area contributed by atoms with Crippen molar-refractivity contribution in [2.45, 2.75) is 54.9 Å². The van der Waals surface area contributed by atoms with E-state index in [1.54, 1.807) is 24.0 Å². The van der Waals surface area contributed by atoms with Crippen molar-refractivity contribution in [3.8, 4) is 0 Å². The number of β-amino-alcohol motifs (C(OH)–C–C–N with tert-alkyl or cyclic N) is 1.